The Labute approximate surface area is 209 Å². The molecule has 2 N–H and O–H groups in total. The van der Waals surface area contributed by atoms with Crippen molar-refractivity contribution in [2.45, 2.75) is 19.4 Å². The van der Waals surface area contributed by atoms with Gasteiger partial charge in [-0.15, -0.1) is 35.3 Å². The zero-order chi connectivity index (χ0) is 21.3. The fourth-order valence-corrected chi connectivity index (χ4v) is 3.78. The van der Waals surface area contributed by atoms with Gasteiger partial charge in [0.25, 0.3) is 0 Å². The number of halogens is 1. The molecule has 0 fully saturated rings. The van der Waals surface area contributed by atoms with Gasteiger partial charge in [-0.25, -0.2) is 9.98 Å². The summed E-state index contributed by atoms with van der Waals surface area (Å²) in [6, 6.07) is 13.9. The third-order valence-electron chi connectivity index (χ3n) is 4.68. The maximum atomic E-state index is 5.81. The van der Waals surface area contributed by atoms with Gasteiger partial charge in [0.15, 0.2) is 17.5 Å². The molecule has 0 bridgehead atoms. The van der Waals surface area contributed by atoms with Gasteiger partial charge in [0.1, 0.15) is 0 Å². The van der Waals surface area contributed by atoms with Gasteiger partial charge in [0.2, 0.25) is 5.88 Å². The molecule has 0 atom stereocenters. The first kappa shape index (κ1) is 24.1. The normalized spacial score (nSPS) is 13.0. The van der Waals surface area contributed by atoms with Crippen molar-refractivity contribution in [3.8, 4) is 17.4 Å². The molecule has 7 nitrogen and oxygen atoms in total. The molecule has 9 heteroatoms. The number of thiophene rings is 1. The van der Waals surface area contributed by atoms with Gasteiger partial charge in [-0.3, -0.25) is 0 Å². The molecule has 1 aromatic carbocycles. The first-order valence-corrected chi connectivity index (χ1v) is 11.1. The Kier molecular flexibility index (Phi) is 9.42. The van der Waals surface area contributed by atoms with Gasteiger partial charge >= 0.3 is 0 Å². The number of nitrogens with zero attached hydrogens (tertiary/aromatic N) is 2. The molecule has 2 aromatic heterocycles. The minimum absolute atomic E-state index is 0. The van der Waals surface area contributed by atoms with E-state index < -0.39 is 0 Å². The molecule has 0 spiro atoms. The number of nitrogens with one attached hydrogen (secondary N) is 2. The Morgan fingerprint density at radius 1 is 1.16 bits per heavy atom. The van der Waals surface area contributed by atoms with Crippen molar-refractivity contribution in [1.82, 2.24) is 10.3 Å². The molecule has 0 saturated carbocycles. The van der Waals surface area contributed by atoms with E-state index in [0.29, 0.717) is 31.6 Å². The highest BCUT2D eigenvalue weighted by atomic mass is 127. The van der Waals surface area contributed by atoms with Crippen LogP contribution in [0.5, 0.6) is 17.4 Å². The van der Waals surface area contributed by atoms with Crippen LogP contribution in [0, 0.1) is 0 Å². The summed E-state index contributed by atoms with van der Waals surface area (Å²) in [7, 11) is 1.61. The van der Waals surface area contributed by atoms with E-state index in [1.54, 1.807) is 24.6 Å². The van der Waals surface area contributed by atoms with E-state index in [2.05, 4.69) is 33.1 Å². The Morgan fingerprint density at radius 3 is 2.78 bits per heavy atom. The Hall–Kier alpha value is -2.53. The van der Waals surface area contributed by atoms with Crippen LogP contribution >= 0.6 is 35.3 Å². The molecule has 1 aliphatic heterocycles. The monoisotopic (exact) mass is 566 g/mol. The number of hydrogen-bond acceptors (Lipinski definition) is 6. The lowest BCUT2D eigenvalue weighted by atomic mass is 10.2. The molecule has 0 unspecified atom stereocenters. The number of fused-ring (bicyclic) bond motifs is 1. The minimum Gasteiger partial charge on any atom is -0.490 e. The molecular formula is C23H27IN4O3S. The van der Waals surface area contributed by atoms with Crippen molar-refractivity contribution in [1.29, 1.82) is 0 Å². The average Bonchev–Trinajstić information content (AvgIpc) is 3.21. The van der Waals surface area contributed by atoms with Crippen LogP contribution in [0.3, 0.4) is 0 Å². The predicted molar refractivity (Wildman–Crippen MR) is 139 cm³/mol. The Bertz CT molecular complexity index is 997. The van der Waals surface area contributed by atoms with Crippen molar-refractivity contribution < 1.29 is 14.2 Å². The minimum atomic E-state index is 0. The maximum Gasteiger partial charge on any atom is 0.212 e. The number of methoxy groups -OCH3 is 1. The van der Waals surface area contributed by atoms with Crippen LogP contribution in [0.4, 0.5) is 5.69 Å². The number of hydrogen-bond donors (Lipinski definition) is 2. The number of rotatable bonds is 7. The summed E-state index contributed by atoms with van der Waals surface area (Å²) >= 11 is 1.76. The number of guanidine groups is 1. The van der Waals surface area contributed by atoms with Crippen molar-refractivity contribution in [3.05, 3.63) is 64.5 Å². The number of anilines is 1. The van der Waals surface area contributed by atoms with Gasteiger partial charge in [-0.1, -0.05) is 12.1 Å². The molecule has 170 valence electrons. The zero-order valence-electron chi connectivity index (χ0n) is 17.9. The topological polar surface area (TPSA) is 77.0 Å². The van der Waals surface area contributed by atoms with Gasteiger partial charge < -0.3 is 24.8 Å². The largest absolute Gasteiger partial charge is 0.490 e. The van der Waals surface area contributed by atoms with Gasteiger partial charge in [-0.2, -0.15) is 0 Å². The molecule has 3 aromatic rings. The number of aliphatic imine (C=N–C) groups is 1. The highest BCUT2D eigenvalue weighted by Crippen LogP contribution is 2.32. The summed E-state index contributed by atoms with van der Waals surface area (Å²) in [4.78, 5) is 10.3. The summed E-state index contributed by atoms with van der Waals surface area (Å²) in [5, 5.41) is 8.90. The summed E-state index contributed by atoms with van der Waals surface area (Å²) in [6.45, 7) is 2.60. The Balaban J connectivity index is 0.00000289. The van der Waals surface area contributed by atoms with Crippen LogP contribution < -0.4 is 24.8 Å². The van der Waals surface area contributed by atoms with Gasteiger partial charge in [0, 0.05) is 41.9 Å². The summed E-state index contributed by atoms with van der Waals surface area (Å²) in [6.07, 6.45) is 3.59. The molecule has 0 saturated heterocycles. The number of ether oxygens (including phenoxy) is 3. The van der Waals surface area contributed by atoms with Gasteiger partial charge in [-0.05, 0) is 35.6 Å². The smallest absolute Gasteiger partial charge is 0.212 e. The van der Waals surface area contributed by atoms with E-state index in [9.17, 15) is 0 Å². The van der Waals surface area contributed by atoms with E-state index in [4.69, 9.17) is 19.2 Å². The molecule has 1 aliphatic rings. The second kappa shape index (κ2) is 12.5. The zero-order valence-corrected chi connectivity index (χ0v) is 21.0. The quantitative estimate of drug-likeness (QED) is 0.245. The highest BCUT2D eigenvalue weighted by molar-refractivity contribution is 14.0. The molecule has 0 amide bonds. The first-order chi connectivity index (χ1) is 15.3. The SMILES string of the molecule is COc1ccc(CN=C(NCCc2cccs2)Nc2ccc3c(c2)OCCCO3)cn1.I. The standard InChI is InChI=1S/C23H26N4O3S.HI/c1-28-22-8-5-17(15-25-22)16-26-23(24-10-9-19-4-2-13-31-19)27-18-6-7-20-21(14-18)30-12-3-11-29-20;/h2,4-8,13-15H,3,9-12,16H2,1H3,(H2,24,26,27);1H. The van der Waals surface area contributed by atoms with E-state index in [1.165, 1.54) is 4.88 Å². The molecule has 32 heavy (non-hydrogen) atoms. The fourth-order valence-electron chi connectivity index (χ4n) is 3.07. The van der Waals surface area contributed by atoms with Crippen LogP contribution in [0.1, 0.15) is 16.9 Å². The van der Waals surface area contributed by atoms with E-state index in [-0.39, 0.29) is 24.0 Å². The molecule has 3 heterocycles. The number of aromatic nitrogens is 1. The van der Waals surface area contributed by atoms with Crippen molar-refractivity contribution in [2.75, 3.05) is 32.2 Å². The predicted octanol–water partition coefficient (Wildman–Crippen LogP) is 4.73. The number of benzene rings is 1. The first-order valence-electron chi connectivity index (χ1n) is 10.3. The van der Waals surface area contributed by atoms with Crippen LogP contribution in [0.2, 0.25) is 0 Å². The summed E-state index contributed by atoms with van der Waals surface area (Å²) in [5.74, 6) is 2.81. The lowest BCUT2D eigenvalue weighted by Gasteiger charge is -2.14. The second-order valence-electron chi connectivity index (χ2n) is 6.97. The molecule has 0 radical (unpaired) electrons. The van der Waals surface area contributed by atoms with E-state index >= 15 is 0 Å². The van der Waals surface area contributed by atoms with E-state index in [0.717, 1.165) is 42.1 Å². The number of pyridine rings is 1. The third kappa shape index (κ3) is 6.99. The summed E-state index contributed by atoms with van der Waals surface area (Å²) in [5.41, 5.74) is 1.89. The fraction of sp³-hybridized carbons (Fsp3) is 0.304. The van der Waals surface area contributed by atoms with Crippen LogP contribution in [0.15, 0.2) is 59.0 Å². The molecule has 0 aliphatic carbocycles. The third-order valence-corrected chi connectivity index (χ3v) is 5.62. The van der Waals surface area contributed by atoms with Gasteiger partial charge in [0.05, 0.1) is 26.9 Å². The highest BCUT2D eigenvalue weighted by Gasteiger charge is 2.11. The maximum absolute atomic E-state index is 5.81. The lowest BCUT2D eigenvalue weighted by molar-refractivity contribution is 0.297. The van der Waals surface area contributed by atoms with E-state index in [1.807, 2.05) is 30.3 Å². The second-order valence-corrected chi connectivity index (χ2v) is 8.00. The van der Waals surface area contributed by atoms with Crippen molar-refractivity contribution >= 4 is 47.0 Å². The Morgan fingerprint density at radius 2 is 2.03 bits per heavy atom. The van der Waals surface area contributed by atoms with Crippen LogP contribution in [-0.4, -0.2) is 37.8 Å². The van der Waals surface area contributed by atoms with Crippen LogP contribution in [0.25, 0.3) is 0 Å². The lowest BCUT2D eigenvalue weighted by Crippen LogP contribution is -2.32. The van der Waals surface area contributed by atoms with Crippen molar-refractivity contribution in [3.63, 3.8) is 0 Å². The van der Waals surface area contributed by atoms with Crippen LogP contribution in [-0.2, 0) is 13.0 Å². The molecule has 4 rings (SSSR count). The summed E-state index contributed by atoms with van der Waals surface area (Å²) < 4.78 is 16.7. The van der Waals surface area contributed by atoms with Crippen molar-refractivity contribution in [2.24, 2.45) is 4.99 Å². The average molecular weight is 566 g/mol. The molecular weight excluding hydrogens is 539 g/mol.